The lowest BCUT2D eigenvalue weighted by Crippen LogP contribution is -2.15. The number of fused-ring (bicyclic) bond motifs is 2. The molecule has 0 fully saturated rings. The highest BCUT2D eigenvalue weighted by molar-refractivity contribution is 5.88. The smallest absolute Gasteiger partial charge is 0.163 e. The lowest BCUT2D eigenvalue weighted by molar-refractivity contribution is 0.172. The Balaban J connectivity index is 2.17. The first kappa shape index (κ1) is 12.4. The molecule has 1 N–H and O–H groups in total. The van der Waals surface area contributed by atoms with Gasteiger partial charge in [0.2, 0.25) is 0 Å². The van der Waals surface area contributed by atoms with Crippen LogP contribution in [0.1, 0.15) is 17.7 Å². The topological polar surface area (TPSA) is 43.6 Å². The van der Waals surface area contributed by atoms with Crippen molar-refractivity contribution in [3.05, 3.63) is 23.4 Å². The van der Waals surface area contributed by atoms with E-state index in [4.69, 9.17) is 14.6 Å². The Morgan fingerprint density at radius 1 is 1.21 bits per heavy atom. The van der Waals surface area contributed by atoms with Crippen LogP contribution in [0.3, 0.4) is 0 Å². The number of ether oxygens (including phenoxy) is 2. The second kappa shape index (κ2) is 4.78. The lowest BCUT2D eigenvalue weighted by Gasteiger charge is -2.18. The molecule has 102 valence electrons. The molecule has 0 radical (unpaired) electrons. The highest BCUT2D eigenvalue weighted by Gasteiger charge is 2.18. The zero-order valence-corrected chi connectivity index (χ0v) is 11.4. The van der Waals surface area contributed by atoms with Crippen LogP contribution in [0.25, 0.3) is 10.9 Å². The fourth-order valence-electron chi connectivity index (χ4n) is 2.75. The predicted octanol–water partition coefficient (Wildman–Crippen LogP) is 2.18. The zero-order chi connectivity index (χ0) is 13.4. The van der Waals surface area contributed by atoms with Gasteiger partial charge in [0.05, 0.1) is 5.52 Å². The molecule has 0 bridgehead atoms. The molecule has 0 aliphatic carbocycles. The number of aryl methyl sites for hydroxylation is 2. The number of hydrogen-bond donors (Lipinski definition) is 1. The highest BCUT2D eigenvalue weighted by atomic mass is 16.6. The standard InChI is InChI=1S/C15H19NO3/c1-10-11(4-3-5-17)12-8-14-15(19-7-6-18-14)9-13(12)16(10)2/h8-9,17H,3-7H2,1-2H3. The largest absolute Gasteiger partial charge is 0.486 e. The van der Waals surface area contributed by atoms with Crippen LogP contribution < -0.4 is 9.47 Å². The SMILES string of the molecule is Cc1c(CCCO)c2cc3c(cc2n1C)OCCO3. The average Bonchev–Trinajstić information content (AvgIpc) is 2.67. The monoisotopic (exact) mass is 261 g/mol. The van der Waals surface area contributed by atoms with Gasteiger partial charge in [-0.2, -0.15) is 0 Å². The van der Waals surface area contributed by atoms with Crippen molar-refractivity contribution in [2.24, 2.45) is 7.05 Å². The molecule has 4 nitrogen and oxygen atoms in total. The maximum absolute atomic E-state index is 9.04. The molecule has 0 saturated carbocycles. The van der Waals surface area contributed by atoms with E-state index in [1.54, 1.807) is 0 Å². The molecule has 0 amide bonds. The van der Waals surface area contributed by atoms with Crippen molar-refractivity contribution in [3.63, 3.8) is 0 Å². The first-order chi connectivity index (χ1) is 9.22. The summed E-state index contributed by atoms with van der Waals surface area (Å²) in [4.78, 5) is 0. The van der Waals surface area contributed by atoms with Crippen LogP contribution in [0.2, 0.25) is 0 Å². The lowest BCUT2D eigenvalue weighted by atomic mass is 10.1. The molecule has 0 spiro atoms. The van der Waals surface area contributed by atoms with E-state index in [9.17, 15) is 0 Å². The predicted molar refractivity (Wildman–Crippen MR) is 74.1 cm³/mol. The Morgan fingerprint density at radius 3 is 2.58 bits per heavy atom. The van der Waals surface area contributed by atoms with Crippen molar-refractivity contribution < 1.29 is 14.6 Å². The molecule has 1 aliphatic rings. The summed E-state index contributed by atoms with van der Waals surface area (Å²) in [6, 6.07) is 4.13. The average molecular weight is 261 g/mol. The van der Waals surface area contributed by atoms with E-state index in [1.807, 2.05) is 0 Å². The molecule has 1 aliphatic heterocycles. The van der Waals surface area contributed by atoms with Gasteiger partial charge in [-0.3, -0.25) is 0 Å². The molecule has 19 heavy (non-hydrogen) atoms. The minimum Gasteiger partial charge on any atom is -0.486 e. The second-order valence-corrected chi connectivity index (χ2v) is 4.96. The first-order valence-corrected chi connectivity index (χ1v) is 6.70. The van der Waals surface area contributed by atoms with Gasteiger partial charge in [0.15, 0.2) is 11.5 Å². The van der Waals surface area contributed by atoms with Crippen molar-refractivity contribution in [1.82, 2.24) is 4.57 Å². The summed E-state index contributed by atoms with van der Waals surface area (Å²) in [5.74, 6) is 1.66. The Hall–Kier alpha value is -1.68. The molecular weight excluding hydrogens is 242 g/mol. The second-order valence-electron chi connectivity index (χ2n) is 4.96. The third-order valence-electron chi connectivity index (χ3n) is 3.87. The Bertz CT molecular complexity index is 616. The summed E-state index contributed by atoms with van der Waals surface area (Å²) < 4.78 is 13.5. The molecule has 0 atom stereocenters. The molecule has 0 unspecified atom stereocenters. The first-order valence-electron chi connectivity index (χ1n) is 6.70. The third kappa shape index (κ3) is 1.96. The van der Waals surface area contributed by atoms with Gasteiger partial charge in [0, 0.05) is 30.8 Å². The summed E-state index contributed by atoms with van der Waals surface area (Å²) in [7, 11) is 2.07. The van der Waals surface area contributed by atoms with Gasteiger partial charge in [-0.1, -0.05) is 0 Å². The van der Waals surface area contributed by atoms with Crippen molar-refractivity contribution in [2.75, 3.05) is 19.8 Å². The van der Waals surface area contributed by atoms with E-state index < -0.39 is 0 Å². The number of rotatable bonds is 3. The summed E-state index contributed by atoms with van der Waals surface area (Å²) in [5, 5.41) is 10.2. The van der Waals surface area contributed by atoms with E-state index >= 15 is 0 Å². The number of aliphatic hydroxyl groups is 1. The fourth-order valence-corrected chi connectivity index (χ4v) is 2.75. The van der Waals surface area contributed by atoms with E-state index in [0.717, 1.165) is 29.9 Å². The van der Waals surface area contributed by atoms with Crippen LogP contribution >= 0.6 is 0 Å². The van der Waals surface area contributed by atoms with E-state index in [2.05, 4.69) is 30.7 Å². The van der Waals surface area contributed by atoms with Gasteiger partial charge in [0.1, 0.15) is 13.2 Å². The van der Waals surface area contributed by atoms with Gasteiger partial charge in [-0.15, -0.1) is 0 Å². The molecule has 4 heteroatoms. The number of aliphatic hydroxyl groups excluding tert-OH is 1. The minimum absolute atomic E-state index is 0.223. The van der Waals surface area contributed by atoms with Crippen LogP contribution in [0.15, 0.2) is 12.1 Å². The van der Waals surface area contributed by atoms with Crippen LogP contribution in [0.5, 0.6) is 11.5 Å². The Morgan fingerprint density at radius 2 is 1.89 bits per heavy atom. The van der Waals surface area contributed by atoms with E-state index in [-0.39, 0.29) is 6.61 Å². The van der Waals surface area contributed by atoms with Crippen LogP contribution in [0.4, 0.5) is 0 Å². The number of nitrogens with zero attached hydrogens (tertiary/aromatic N) is 1. The third-order valence-corrected chi connectivity index (χ3v) is 3.87. The highest BCUT2D eigenvalue weighted by Crippen LogP contribution is 2.37. The number of hydrogen-bond acceptors (Lipinski definition) is 3. The summed E-state index contributed by atoms with van der Waals surface area (Å²) in [6.45, 7) is 3.56. The normalized spacial score (nSPS) is 14.1. The summed E-state index contributed by atoms with van der Waals surface area (Å²) in [5.41, 5.74) is 3.70. The molecular formula is C15H19NO3. The maximum atomic E-state index is 9.04. The van der Waals surface area contributed by atoms with Gasteiger partial charge >= 0.3 is 0 Å². The number of benzene rings is 1. The van der Waals surface area contributed by atoms with Crippen LogP contribution in [0, 0.1) is 6.92 Å². The molecule has 0 saturated heterocycles. The maximum Gasteiger partial charge on any atom is 0.163 e. The van der Waals surface area contributed by atoms with Crippen LogP contribution in [-0.4, -0.2) is 29.5 Å². The van der Waals surface area contributed by atoms with Crippen molar-refractivity contribution >= 4 is 10.9 Å². The summed E-state index contributed by atoms with van der Waals surface area (Å²) in [6.07, 6.45) is 1.67. The fraction of sp³-hybridized carbons (Fsp3) is 0.467. The van der Waals surface area contributed by atoms with Crippen molar-refractivity contribution in [1.29, 1.82) is 0 Å². The zero-order valence-electron chi connectivity index (χ0n) is 11.4. The van der Waals surface area contributed by atoms with Crippen LogP contribution in [-0.2, 0) is 13.5 Å². The van der Waals surface area contributed by atoms with Gasteiger partial charge in [-0.25, -0.2) is 0 Å². The van der Waals surface area contributed by atoms with Gasteiger partial charge < -0.3 is 19.1 Å². The molecule has 3 rings (SSSR count). The molecule has 2 heterocycles. The number of aromatic nitrogens is 1. The van der Waals surface area contributed by atoms with Gasteiger partial charge in [0.25, 0.3) is 0 Å². The van der Waals surface area contributed by atoms with E-state index in [1.165, 1.54) is 16.6 Å². The molecule has 1 aromatic heterocycles. The van der Waals surface area contributed by atoms with E-state index in [0.29, 0.717) is 13.2 Å². The Kier molecular flexibility index (Phi) is 3.11. The van der Waals surface area contributed by atoms with Crippen molar-refractivity contribution in [2.45, 2.75) is 19.8 Å². The molecule has 1 aromatic carbocycles. The Labute approximate surface area is 112 Å². The summed E-state index contributed by atoms with van der Waals surface area (Å²) >= 11 is 0. The van der Waals surface area contributed by atoms with Crippen molar-refractivity contribution in [3.8, 4) is 11.5 Å². The van der Waals surface area contributed by atoms with Gasteiger partial charge in [-0.05, 0) is 31.4 Å². The quantitative estimate of drug-likeness (QED) is 0.921. The minimum atomic E-state index is 0.223. The molecule has 2 aromatic rings.